The van der Waals surface area contributed by atoms with Crippen molar-refractivity contribution >= 4 is 33.9 Å². The number of benzene rings is 1. The molecule has 35 heavy (non-hydrogen) atoms. The predicted molar refractivity (Wildman–Crippen MR) is 148 cm³/mol. The number of esters is 1. The minimum Gasteiger partial charge on any atom is -0.460 e. The van der Waals surface area contributed by atoms with E-state index in [4.69, 9.17) is 9.73 Å². The van der Waals surface area contributed by atoms with Gasteiger partial charge < -0.3 is 4.74 Å². The zero-order chi connectivity index (χ0) is 26.1. The van der Waals surface area contributed by atoms with Crippen LogP contribution in [0.3, 0.4) is 0 Å². The molecule has 0 saturated carbocycles. The molecule has 0 fully saturated rings. The van der Waals surface area contributed by atoms with Crippen LogP contribution in [0.25, 0.3) is 0 Å². The van der Waals surface area contributed by atoms with Crippen LogP contribution in [0.2, 0.25) is 0 Å². The molecule has 2 atom stereocenters. The highest BCUT2D eigenvalue weighted by Crippen LogP contribution is 2.42. The third-order valence-electron chi connectivity index (χ3n) is 6.11. The van der Waals surface area contributed by atoms with Gasteiger partial charge in [-0.25, -0.2) is 0 Å². The van der Waals surface area contributed by atoms with Crippen LogP contribution in [-0.2, 0) is 9.53 Å². The van der Waals surface area contributed by atoms with Crippen molar-refractivity contribution in [2.45, 2.75) is 99.4 Å². The van der Waals surface area contributed by atoms with Gasteiger partial charge in [-0.05, 0) is 58.6 Å². The highest BCUT2D eigenvalue weighted by molar-refractivity contribution is 7.17. The van der Waals surface area contributed by atoms with E-state index in [2.05, 4.69) is 67.4 Å². The summed E-state index contributed by atoms with van der Waals surface area (Å²) in [6.45, 7) is 20.4. The van der Waals surface area contributed by atoms with Gasteiger partial charge in [0, 0.05) is 16.0 Å². The van der Waals surface area contributed by atoms with Gasteiger partial charge in [-0.1, -0.05) is 52.0 Å². The predicted octanol–water partition coefficient (Wildman–Crippen LogP) is 6.54. The summed E-state index contributed by atoms with van der Waals surface area (Å²) in [5, 5.41) is 5.62. The summed E-state index contributed by atoms with van der Waals surface area (Å²) in [7, 11) is 0. The molecule has 0 radical (unpaired) electrons. The van der Waals surface area contributed by atoms with Gasteiger partial charge in [0.2, 0.25) is 0 Å². The van der Waals surface area contributed by atoms with Gasteiger partial charge in [0.05, 0.1) is 12.1 Å². The van der Waals surface area contributed by atoms with Gasteiger partial charge in [-0.2, -0.15) is 5.10 Å². The Kier molecular flexibility index (Phi) is 8.10. The minimum atomic E-state index is -0.539. The molecular weight excluding hydrogens is 456 g/mol. The van der Waals surface area contributed by atoms with Gasteiger partial charge in [0.1, 0.15) is 28.6 Å². The van der Waals surface area contributed by atoms with Crippen molar-refractivity contribution in [1.29, 1.82) is 0 Å². The van der Waals surface area contributed by atoms with E-state index in [9.17, 15) is 4.79 Å². The number of carbonyl (C=O) groups excluding carboxylic acids is 1. The van der Waals surface area contributed by atoms with Crippen molar-refractivity contribution < 1.29 is 9.53 Å². The number of hydrogen-bond acceptors (Lipinski definition) is 7. The first-order valence-corrected chi connectivity index (χ1v) is 13.4. The largest absolute Gasteiger partial charge is 0.460 e. The van der Waals surface area contributed by atoms with E-state index in [0.29, 0.717) is 5.92 Å². The number of nitrogens with one attached hydrogen (secondary N) is 1. The number of thiophene rings is 1. The van der Waals surface area contributed by atoms with Crippen LogP contribution in [0.4, 0.5) is 5.00 Å². The zero-order valence-corrected chi connectivity index (χ0v) is 23.6. The second kappa shape index (κ2) is 10.5. The van der Waals surface area contributed by atoms with Crippen LogP contribution in [0.15, 0.2) is 34.4 Å². The fraction of sp³-hybridized carbons (Fsp3) is 0.536. The molecule has 0 spiro atoms. The lowest BCUT2D eigenvalue weighted by Crippen LogP contribution is -2.47. The monoisotopic (exact) mass is 496 g/mol. The minimum absolute atomic E-state index is 0.175. The summed E-state index contributed by atoms with van der Waals surface area (Å²) in [6, 6.07) is 8.31. The van der Waals surface area contributed by atoms with Crippen molar-refractivity contribution in [2.24, 2.45) is 10.1 Å². The number of aliphatic imine (C=N–C) groups is 1. The van der Waals surface area contributed by atoms with Crippen molar-refractivity contribution in [3.63, 3.8) is 0 Å². The third kappa shape index (κ3) is 5.61. The summed E-state index contributed by atoms with van der Waals surface area (Å²) in [5.74, 6) is 1.09. The number of carbonyl (C=O) groups is 1. The van der Waals surface area contributed by atoms with E-state index in [0.717, 1.165) is 27.7 Å². The number of aryl methyl sites for hydroxylation is 1. The second-order valence-electron chi connectivity index (χ2n) is 10.2. The molecule has 2 aliphatic rings. The standard InChI is InChI=1S/C26H34N4O2S.C2H6/c1-14(2)18-9-11-19(12-10-18)23-22-15(3)16(4)33-25(22)30-17(5)28-29-24(30)20(27-23)13-21(31)32-26(6,7)8;1-2/h9-12,14,20,24,29H,13H2,1-8H3;1-2H3/t20-,24?;/m0./s1. The van der Waals surface area contributed by atoms with Crippen molar-refractivity contribution in [1.82, 2.24) is 5.43 Å². The van der Waals surface area contributed by atoms with Crippen LogP contribution < -0.4 is 10.3 Å². The summed E-state index contributed by atoms with van der Waals surface area (Å²) in [4.78, 5) is 21.5. The number of hydrazone groups is 1. The summed E-state index contributed by atoms with van der Waals surface area (Å²) in [5.41, 5.74) is 8.33. The highest BCUT2D eigenvalue weighted by Gasteiger charge is 2.41. The first-order chi connectivity index (χ1) is 16.5. The Morgan fingerprint density at radius 3 is 2.34 bits per heavy atom. The number of hydrogen-bond donors (Lipinski definition) is 1. The fourth-order valence-corrected chi connectivity index (χ4v) is 5.56. The van der Waals surface area contributed by atoms with Crippen molar-refractivity contribution in [3.05, 3.63) is 51.4 Å². The topological polar surface area (TPSA) is 66.3 Å². The Bertz CT molecular complexity index is 1120. The van der Waals surface area contributed by atoms with E-state index in [1.807, 2.05) is 41.5 Å². The van der Waals surface area contributed by atoms with Gasteiger partial charge in [0.15, 0.2) is 0 Å². The fourth-order valence-electron chi connectivity index (χ4n) is 4.32. The molecule has 190 valence electrons. The lowest BCUT2D eigenvalue weighted by Gasteiger charge is -2.28. The molecule has 0 aliphatic carbocycles. The van der Waals surface area contributed by atoms with Crippen LogP contribution in [0.1, 0.15) is 94.9 Å². The quantitative estimate of drug-likeness (QED) is 0.488. The number of rotatable bonds is 4. The molecule has 0 bridgehead atoms. The van der Waals surface area contributed by atoms with Crippen LogP contribution in [0, 0.1) is 13.8 Å². The Hall–Kier alpha value is -2.67. The normalized spacial score (nSPS) is 19.0. The lowest BCUT2D eigenvalue weighted by molar-refractivity contribution is -0.155. The number of nitrogens with zero attached hydrogens (tertiary/aromatic N) is 3. The summed E-state index contributed by atoms with van der Waals surface area (Å²) >= 11 is 1.76. The molecule has 0 saturated heterocycles. The highest BCUT2D eigenvalue weighted by atomic mass is 32.1. The molecule has 1 N–H and O–H groups in total. The average molecular weight is 497 g/mol. The smallest absolute Gasteiger partial charge is 0.308 e. The van der Waals surface area contributed by atoms with E-state index < -0.39 is 5.60 Å². The van der Waals surface area contributed by atoms with E-state index in [-0.39, 0.29) is 24.6 Å². The van der Waals surface area contributed by atoms with E-state index in [1.54, 1.807) is 11.3 Å². The average Bonchev–Trinajstić information content (AvgIpc) is 3.26. The summed E-state index contributed by atoms with van der Waals surface area (Å²) < 4.78 is 5.65. The first-order valence-electron chi connectivity index (χ1n) is 12.6. The molecule has 3 heterocycles. The van der Waals surface area contributed by atoms with Crippen LogP contribution in [-0.4, -0.2) is 35.3 Å². The molecule has 4 rings (SSSR count). The molecule has 1 unspecified atom stereocenters. The Morgan fingerprint density at radius 2 is 1.77 bits per heavy atom. The Morgan fingerprint density at radius 1 is 1.14 bits per heavy atom. The van der Waals surface area contributed by atoms with Gasteiger partial charge in [-0.15, -0.1) is 11.3 Å². The van der Waals surface area contributed by atoms with Gasteiger partial charge in [-0.3, -0.25) is 20.1 Å². The molecule has 1 aromatic carbocycles. The van der Waals surface area contributed by atoms with Gasteiger partial charge >= 0.3 is 5.97 Å². The SMILES string of the molecule is CC.CC1=NNC2[C@H](CC(=O)OC(C)(C)C)N=C(c3ccc(C(C)C)cc3)c3c(sc(C)c3C)N12. The first kappa shape index (κ1) is 26.9. The number of amidine groups is 1. The molecule has 2 aliphatic heterocycles. The van der Waals surface area contributed by atoms with Crippen LogP contribution >= 0.6 is 11.3 Å². The second-order valence-corrected chi connectivity index (χ2v) is 11.4. The zero-order valence-electron chi connectivity index (χ0n) is 22.8. The summed E-state index contributed by atoms with van der Waals surface area (Å²) in [6.07, 6.45) is -0.0597. The lowest BCUT2D eigenvalue weighted by atomic mass is 9.96. The molecular formula is C28H40N4O2S. The number of fused-ring (bicyclic) bond motifs is 3. The Balaban J connectivity index is 0.00000167. The maximum Gasteiger partial charge on any atom is 0.308 e. The van der Waals surface area contributed by atoms with Gasteiger partial charge in [0.25, 0.3) is 0 Å². The molecule has 0 amide bonds. The molecule has 1 aromatic heterocycles. The van der Waals surface area contributed by atoms with Crippen LogP contribution in [0.5, 0.6) is 0 Å². The van der Waals surface area contributed by atoms with Crippen molar-refractivity contribution in [3.8, 4) is 0 Å². The van der Waals surface area contributed by atoms with Crippen molar-refractivity contribution in [2.75, 3.05) is 4.90 Å². The maximum absolute atomic E-state index is 12.8. The third-order valence-corrected chi connectivity index (χ3v) is 7.32. The molecule has 2 aromatic rings. The van der Waals surface area contributed by atoms with E-state index in [1.165, 1.54) is 16.0 Å². The maximum atomic E-state index is 12.8. The molecule has 7 heteroatoms. The van der Waals surface area contributed by atoms with E-state index >= 15 is 0 Å². The molecule has 6 nitrogen and oxygen atoms in total. The number of anilines is 1. The number of ether oxygens (including phenoxy) is 1. The Labute approximate surface area is 214 Å².